The zero-order chi connectivity index (χ0) is 15.1. The number of aliphatic hydroxyl groups is 2. The van der Waals surface area contributed by atoms with Gasteiger partial charge in [-0.05, 0) is 49.9 Å². The fraction of sp³-hybridized carbons (Fsp3) is 0.471. The van der Waals surface area contributed by atoms with Gasteiger partial charge in [0.1, 0.15) is 5.01 Å². The second-order valence-corrected chi connectivity index (χ2v) is 7.20. The van der Waals surface area contributed by atoms with E-state index in [-0.39, 0.29) is 12.2 Å². The smallest absolute Gasteiger partial charge is 0.123 e. The molecule has 0 bridgehead atoms. The summed E-state index contributed by atoms with van der Waals surface area (Å²) in [5.74, 6) is 0. The molecular weight excluding hydrogens is 296 g/mol. The van der Waals surface area contributed by atoms with E-state index in [1.165, 1.54) is 0 Å². The van der Waals surface area contributed by atoms with E-state index in [1.54, 1.807) is 11.3 Å². The summed E-state index contributed by atoms with van der Waals surface area (Å²) in [6, 6.07) is 8.39. The van der Waals surface area contributed by atoms with Gasteiger partial charge in [-0.3, -0.25) is 0 Å². The summed E-state index contributed by atoms with van der Waals surface area (Å²) < 4.78 is 0. The number of β-amino-alcohol motifs (C(OH)–C–C–N with tert-alkyl or cyclic N) is 1. The first-order valence-electron chi connectivity index (χ1n) is 7.92. The number of hydrogen-bond acceptors (Lipinski definition) is 5. The number of fused-ring (bicyclic) bond motifs is 1. The summed E-state index contributed by atoms with van der Waals surface area (Å²) in [5, 5.41) is 20.7. The minimum absolute atomic E-state index is 0.202. The quantitative estimate of drug-likeness (QED) is 0.894. The van der Waals surface area contributed by atoms with Crippen molar-refractivity contribution in [2.45, 2.75) is 37.9 Å². The Balaban J connectivity index is 1.58. The molecular formula is C17H20N2O2S. The van der Waals surface area contributed by atoms with Crippen LogP contribution in [0.1, 0.15) is 35.9 Å². The third kappa shape index (κ3) is 2.53. The Hall–Kier alpha value is -1.43. The predicted molar refractivity (Wildman–Crippen MR) is 88.3 cm³/mol. The van der Waals surface area contributed by atoms with E-state index < -0.39 is 0 Å². The number of hydrogen-bond donors (Lipinski definition) is 2. The van der Waals surface area contributed by atoms with Crippen molar-refractivity contribution in [2.24, 2.45) is 0 Å². The number of benzene rings is 1. The predicted octanol–water partition coefficient (Wildman–Crippen LogP) is 2.75. The van der Waals surface area contributed by atoms with Crippen LogP contribution in [0.3, 0.4) is 0 Å². The summed E-state index contributed by atoms with van der Waals surface area (Å²) in [6.45, 7) is 1.63. The van der Waals surface area contributed by atoms with Crippen molar-refractivity contribution in [3.63, 3.8) is 0 Å². The number of aliphatic hydroxyl groups excluding tert-OH is 2. The van der Waals surface area contributed by atoms with Crippen LogP contribution >= 0.6 is 11.3 Å². The Morgan fingerprint density at radius 3 is 2.64 bits per heavy atom. The van der Waals surface area contributed by atoms with Crippen molar-refractivity contribution in [1.82, 2.24) is 4.98 Å². The first-order chi connectivity index (χ1) is 10.7. The standard InChI is InChI=1S/C17H20N2O2S/c20-13-8-9-19(10-13)12-6-4-11(5-7-12)17-18-14-2-1-3-15(21)16(14)22-17/h4-7,13,15,20-21H,1-3,8-10H2. The third-order valence-electron chi connectivity index (χ3n) is 4.56. The first-order valence-corrected chi connectivity index (χ1v) is 8.73. The van der Waals surface area contributed by atoms with Crippen molar-refractivity contribution in [1.29, 1.82) is 0 Å². The zero-order valence-corrected chi connectivity index (χ0v) is 13.2. The molecule has 0 spiro atoms. The molecule has 4 nitrogen and oxygen atoms in total. The molecule has 2 aliphatic rings. The highest BCUT2D eigenvalue weighted by Gasteiger charge is 2.23. The van der Waals surface area contributed by atoms with Gasteiger partial charge < -0.3 is 15.1 Å². The lowest BCUT2D eigenvalue weighted by molar-refractivity contribution is 0.160. The second kappa shape index (κ2) is 5.65. The molecule has 116 valence electrons. The molecule has 2 atom stereocenters. The Bertz CT molecular complexity index is 668. The van der Waals surface area contributed by atoms with Crippen molar-refractivity contribution >= 4 is 17.0 Å². The highest BCUT2D eigenvalue weighted by Crippen LogP contribution is 2.38. The molecule has 2 N–H and O–H groups in total. The van der Waals surface area contributed by atoms with Crippen molar-refractivity contribution in [2.75, 3.05) is 18.0 Å². The molecule has 1 saturated heterocycles. The summed E-state index contributed by atoms with van der Waals surface area (Å²) in [7, 11) is 0. The van der Waals surface area contributed by atoms with Crippen molar-refractivity contribution < 1.29 is 10.2 Å². The number of aromatic nitrogens is 1. The summed E-state index contributed by atoms with van der Waals surface area (Å²) in [4.78, 5) is 7.98. The zero-order valence-electron chi connectivity index (χ0n) is 12.4. The third-order valence-corrected chi connectivity index (χ3v) is 5.81. The molecule has 1 aromatic carbocycles. The molecule has 2 heterocycles. The van der Waals surface area contributed by atoms with Gasteiger partial charge in [0.15, 0.2) is 0 Å². The van der Waals surface area contributed by atoms with Gasteiger partial charge in [-0.25, -0.2) is 4.98 Å². The molecule has 4 rings (SSSR count). The van der Waals surface area contributed by atoms with E-state index in [0.717, 1.165) is 65.6 Å². The van der Waals surface area contributed by atoms with Crippen LogP contribution in [0, 0.1) is 0 Å². The fourth-order valence-corrected chi connectivity index (χ4v) is 4.45. The van der Waals surface area contributed by atoms with E-state index in [1.807, 2.05) is 0 Å². The van der Waals surface area contributed by atoms with E-state index in [9.17, 15) is 10.2 Å². The van der Waals surface area contributed by atoms with Gasteiger partial charge in [0, 0.05) is 24.3 Å². The summed E-state index contributed by atoms with van der Waals surface area (Å²) >= 11 is 1.62. The van der Waals surface area contributed by atoms with Crippen LogP contribution in [0.4, 0.5) is 5.69 Å². The lowest BCUT2D eigenvalue weighted by Crippen LogP contribution is -2.20. The molecule has 2 unspecified atom stereocenters. The van der Waals surface area contributed by atoms with Gasteiger partial charge in [0.2, 0.25) is 0 Å². The number of rotatable bonds is 2. The fourth-order valence-electron chi connectivity index (χ4n) is 3.31. The van der Waals surface area contributed by atoms with Gasteiger partial charge >= 0.3 is 0 Å². The van der Waals surface area contributed by atoms with Gasteiger partial charge in [-0.2, -0.15) is 0 Å². The lowest BCUT2D eigenvalue weighted by Gasteiger charge is -2.17. The van der Waals surface area contributed by atoms with Crippen LogP contribution < -0.4 is 4.90 Å². The summed E-state index contributed by atoms with van der Waals surface area (Å²) in [5.41, 5.74) is 3.34. The monoisotopic (exact) mass is 316 g/mol. The maximum Gasteiger partial charge on any atom is 0.123 e. The molecule has 1 fully saturated rings. The Kier molecular flexibility index (Phi) is 3.64. The van der Waals surface area contributed by atoms with Crippen LogP contribution in [0.2, 0.25) is 0 Å². The normalized spacial score (nSPS) is 24.5. The number of anilines is 1. The molecule has 1 aliphatic carbocycles. The van der Waals surface area contributed by atoms with Crippen molar-refractivity contribution in [3.8, 4) is 10.6 Å². The number of thiazole rings is 1. The largest absolute Gasteiger partial charge is 0.391 e. The van der Waals surface area contributed by atoms with E-state index in [0.29, 0.717) is 0 Å². The van der Waals surface area contributed by atoms with Crippen molar-refractivity contribution in [3.05, 3.63) is 34.8 Å². The average molecular weight is 316 g/mol. The van der Waals surface area contributed by atoms with Crippen LogP contribution in [0.15, 0.2) is 24.3 Å². The molecule has 1 aliphatic heterocycles. The maximum absolute atomic E-state index is 10.1. The minimum Gasteiger partial charge on any atom is -0.391 e. The molecule has 1 aromatic heterocycles. The second-order valence-electron chi connectivity index (χ2n) is 6.17. The number of aryl methyl sites for hydroxylation is 1. The highest BCUT2D eigenvalue weighted by atomic mass is 32.1. The summed E-state index contributed by atoms with van der Waals surface area (Å²) in [6.07, 6.45) is 3.16. The molecule has 5 heteroatoms. The SMILES string of the molecule is OC1CCN(c2ccc(-c3nc4c(s3)C(O)CCC4)cc2)C1. The Labute approximate surface area is 134 Å². The van der Waals surface area contributed by atoms with Crippen LogP contribution in [-0.4, -0.2) is 34.4 Å². The Morgan fingerprint density at radius 1 is 1.14 bits per heavy atom. The number of nitrogens with zero attached hydrogens (tertiary/aromatic N) is 2. The van der Waals surface area contributed by atoms with Crippen LogP contribution in [0.5, 0.6) is 0 Å². The van der Waals surface area contributed by atoms with Gasteiger partial charge in [-0.15, -0.1) is 11.3 Å². The molecule has 0 saturated carbocycles. The Morgan fingerprint density at radius 2 is 1.95 bits per heavy atom. The van der Waals surface area contributed by atoms with E-state index in [2.05, 4.69) is 29.2 Å². The van der Waals surface area contributed by atoms with Gasteiger partial charge in [-0.1, -0.05) is 0 Å². The van der Waals surface area contributed by atoms with E-state index >= 15 is 0 Å². The van der Waals surface area contributed by atoms with Gasteiger partial charge in [0.25, 0.3) is 0 Å². The molecule has 2 aromatic rings. The molecule has 22 heavy (non-hydrogen) atoms. The van der Waals surface area contributed by atoms with Gasteiger partial charge in [0.05, 0.1) is 22.8 Å². The highest BCUT2D eigenvalue weighted by molar-refractivity contribution is 7.15. The first kappa shape index (κ1) is 14.2. The molecule has 0 radical (unpaired) electrons. The van der Waals surface area contributed by atoms with Crippen LogP contribution in [0.25, 0.3) is 10.6 Å². The van der Waals surface area contributed by atoms with Crippen LogP contribution in [-0.2, 0) is 6.42 Å². The minimum atomic E-state index is -0.333. The lowest BCUT2D eigenvalue weighted by atomic mass is 10.0. The average Bonchev–Trinajstić information content (AvgIpc) is 3.15. The maximum atomic E-state index is 10.1. The molecule has 0 amide bonds. The topological polar surface area (TPSA) is 56.6 Å². The van der Waals surface area contributed by atoms with E-state index in [4.69, 9.17) is 4.98 Å².